The van der Waals surface area contributed by atoms with Gasteiger partial charge in [-0.25, -0.2) is 4.79 Å². The molecule has 0 aromatic rings. The highest BCUT2D eigenvalue weighted by Gasteiger charge is 2.51. The number of β-lactam (4-membered cyclic amide) rings is 1. The molecule has 3 aliphatic heterocycles. The number of carbonyl (C=O) groups excluding carboxylic acids is 1. The summed E-state index contributed by atoms with van der Waals surface area (Å²) in [6.45, 7) is 5.80. The molecule has 4 aliphatic rings. The van der Waals surface area contributed by atoms with E-state index in [-0.39, 0.29) is 5.41 Å². The fourth-order valence-corrected chi connectivity index (χ4v) is 5.50. The minimum Gasteiger partial charge on any atom is -0.465 e. The Morgan fingerprint density at radius 1 is 1.21 bits per heavy atom. The third kappa shape index (κ3) is 2.59. The van der Waals surface area contributed by atoms with Gasteiger partial charge in [0.25, 0.3) is 0 Å². The summed E-state index contributed by atoms with van der Waals surface area (Å²) in [6.07, 6.45) is 6.62. The van der Waals surface area contributed by atoms with Crippen molar-refractivity contribution >= 4 is 12.0 Å². The van der Waals surface area contributed by atoms with Crippen LogP contribution in [0.25, 0.3) is 0 Å². The highest BCUT2D eigenvalue weighted by molar-refractivity contribution is 5.83. The summed E-state index contributed by atoms with van der Waals surface area (Å²) in [6, 6.07) is 1.57. The fourth-order valence-electron chi connectivity index (χ4n) is 5.50. The Morgan fingerprint density at radius 2 is 1.92 bits per heavy atom. The Labute approximate surface area is 143 Å². The monoisotopic (exact) mass is 335 g/mol. The van der Waals surface area contributed by atoms with Gasteiger partial charge in [-0.05, 0) is 43.9 Å². The zero-order chi connectivity index (χ0) is 16.9. The second-order valence-corrected chi connectivity index (χ2v) is 8.35. The first kappa shape index (κ1) is 16.2. The lowest BCUT2D eigenvalue weighted by Gasteiger charge is -2.53. The average Bonchev–Trinajstić information content (AvgIpc) is 2.98. The second kappa shape index (κ2) is 5.90. The Balaban J connectivity index is 1.25. The number of hydrogen-bond acceptors (Lipinski definition) is 3. The number of likely N-dealkylation sites (tertiary alicyclic amines) is 3. The van der Waals surface area contributed by atoms with Gasteiger partial charge in [-0.2, -0.15) is 0 Å². The second-order valence-electron chi connectivity index (χ2n) is 8.35. The van der Waals surface area contributed by atoms with E-state index >= 15 is 0 Å². The van der Waals surface area contributed by atoms with Crippen LogP contribution in [-0.4, -0.2) is 76.1 Å². The van der Waals surface area contributed by atoms with Crippen molar-refractivity contribution in [2.75, 3.05) is 26.2 Å². The van der Waals surface area contributed by atoms with Crippen LogP contribution in [0.4, 0.5) is 4.79 Å². The third-order valence-corrected chi connectivity index (χ3v) is 7.02. The van der Waals surface area contributed by atoms with Gasteiger partial charge in [0.05, 0.1) is 0 Å². The molecule has 0 aromatic carbocycles. The Hall–Kier alpha value is -1.30. The normalized spacial score (nSPS) is 37.6. The summed E-state index contributed by atoms with van der Waals surface area (Å²) in [4.78, 5) is 29.3. The van der Waals surface area contributed by atoms with Gasteiger partial charge < -0.3 is 19.8 Å². The van der Waals surface area contributed by atoms with E-state index in [2.05, 4.69) is 16.7 Å². The minimum absolute atomic E-state index is 0.265. The van der Waals surface area contributed by atoms with Gasteiger partial charge in [0, 0.05) is 50.7 Å². The molecule has 4 rings (SSSR count). The third-order valence-electron chi connectivity index (χ3n) is 7.02. The van der Waals surface area contributed by atoms with Crippen molar-refractivity contribution in [2.24, 2.45) is 5.41 Å². The van der Waals surface area contributed by atoms with Gasteiger partial charge in [0.2, 0.25) is 5.91 Å². The first-order valence-electron chi connectivity index (χ1n) is 9.54. The van der Waals surface area contributed by atoms with Crippen molar-refractivity contribution in [3.05, 3.63) is 0 Å². The molecule has 4 fully saturated rings. The molecule has 6 heteroatoms. The highest BCUT2D eigenvalue weighted by Crippen LogP contribution is 2.50. The van der Waals surface area contributed by atoms with Crippen molar-refractivity contribution in [3.8, 4) is 0 Å². The molecule has 134 valence electrons. The maximum atomic E-state index is 11.9. The Bertz CT molecular complexity index is 524. The number of carboxylic acid groups (broad SMARTS) is 1. The largest absolute Gasteiger partial charge is 0.465 e. The maximum Gasteiger partial charge on any atom is 0.407 e. The van der Waals surface area contributed by atoms with E-state index in [1.807, 2.05) is 0 Å². The predicted octanol–water partition coefficient (Wildman–Crippen LogP) is 1.99. The number of nitrogens with zero attached hydrogens (tertiary/aromatic N) is 3. The lowest BCUT2D eigenvalue weighted by atomic mass is 9.64. The quantitative estimate of drug-likeness (QED) is 0.801. The van der Waals surface area contributed by atoms with Gasteiger partial charge in [-0.15, -0.1) is 0 Å². The number of amides is 2. The van der Waals surface area contributed by atoms with Gasteiger partial charge in [-0.3, -0.25) is 4.79 Å². The van der Waals surface area contributed by atoms with Crippen LogP contribution < -0.4 is 0 Å². The zero-order valence-corrected chi connectivity index (χ0v) is 14.6. The van der Waals surface area contributed by atoms with Crippen molar-refractivity contribution in [1.82, 2.24) is 14.7 Å². The molecule has 0 bridgehead atoms. The molecule has 24 heavy (non-hydrogen) atoms. The van der Waals surface area contributed by atoms with Crippen LogP contribution in [0.15, 0.2) is 0 Å². The number of carbonyl (C=O) groups is 2. The summed E-state index contributed by atoms with van der Waals surface area (Å²) in [5.41, 5.74) is 0.265. The zero-order valence-electron chi connectivity index (χ0n) is 14.6. The van der Waals surface area contributed by atoms with Crippen LogP contribution in [-0.2, 0) is 4.79 Å². The molecule has 1 saturated carbocycles. The topological polar surface area (TPSA) is 64.1 Å². The van der Waals surface area contributed by atoms with E-state index in [1.54, 1.807) is 4.90 Å². The van der Waals surface area contributed by atoms with Gasteiger partial charge >= 0.3 is 6.09 Å². The van der Waals surface area contributed by atoms with Crippen LogP contribution in [0.3, 0.4) is 0 Å². The SMILES string of the molecule is CC[C@H]1CC(=O)N1C1CCN(C2CC3(CCN(C(=O)O)C3)C2)CC1. The molecule has 2 amide bonds. The molecular formula is C18H29N3O3. The Morgan fingerprint density at radius 3 is 2.46 bits per heavy atom. The smallest absolute Gasteiger partial charge is 0.407 e. The van der Waals surface area contributed by atoms with Crippen molar-refractivity contribution in [2.45, 2.75) is 70.0 Å². The van der Waals surface area contributed by atoms with Gasteiger partial charge in [0.1, 0.15) is 0 Å². The van der Waals surface area contributed by atoms with E-state index in [0.29, 0.717) is 30.6 Å². The Kier molecular flexibility index (Phi) is 3.98. The number of piperidine rings is 1. The number of rotatable bonds is 3. The fraction of sp³-hybridized carbons (Fsp3) is 0.889. The van der Waals surface area contributed by atoms with Crippen LogP contribution in [0.2, 0.25) is 0 Å². The summed E-state index contributed by atoms with van der Waals surface area (Å²) in [5.74, 6) is 0.350. The first-order chi connectivity index (χ1) is 11.5. The molecular weight excluding hydrogens is 306 g/mol. The van der Waals surface area contributed by atoms with E-state index in [4.69, 9.17) is 5.11 Å². The standard InChI is InChI=1S/C18H29N3O3/c1-2-13-9-16(22)21(13)14-3-6-19(7-4-14)15-10-18(11-15)5-8-20(12-18)17(23)24/h13-15H,2-12H2,1H3,(H,23,24)/t13-,15?,18?/m0/s1. The molecule has 6 nitrogen and oxygen atoms in total. The van der Waals surface area contributed by atoms with Gasteiger partial charge in [-0.1, -0.05) is 6.92 Å². The molecule has 3 saturated heterocycles. The highest BCUT2D eigenvalue weighted by atomic mass is 16.4. The van der Waals surface area contributed by atoms with Crippen molar-refractivity contribution in [1.29, 1.82) is 0 Å². The average molecular weight is 335 g/mol. The van der Waals surface area contributed by atoms with Crippen LogP contribution in [0.1, 0.15) is 51.9 Å². The maximum absolute atomic E-state index is 11.9. The summed E-state index contributed by atoms with van der Waals surface area (Å²) >= 11 is 0. The van der Waals surface area contributed by atoms with E-state index in [0.717, 1.165) is 64.6 Å². The molecule has 0 unspecified atom stereocenters. The number of hydrogen-bond donors (Lipinski definition) is 1. The molecule has 0 radical (unpaired) electrons. The molecule has 1 atom stereocenters. The van der Waals surface area contributed by atoms with Crippen LogP contribution in [0.5, 0.6) is 0 Å². The summed E-state index contributed by atoms with van der Waals surface area (Å²) in [7, 11) is 0. The molecule has 1 aliphatic carbocycles. The first-order valence-corrected chi connectivity index (χ1v) is 9.54. The van der Waals surface area contributed by atoms with E-state index in [9.17, 15) is 9.59 Å². The van der Waals surface area contributed by atoms with E-state index < -0.39 is 6.09 Å². The summed E-state index contributed by atoms with van der Waals surface area (Å²) in [5, 5.41) is 9.14. The minimum atomic E-state index is -0.763. The summed E-state index contributed by atoms with van der Waals surface area (Å²) < 4.78 is 0. The molecule has 3 heterocycles. The van der Waals surface area contributed by atoms with Crippen molar-refractivity contribution in [3.63, 3.8) is 0 Å². The molecule has 0 aromatic heterocycles. The molecule has 1 N–H and O–H groups in total. The lowest BCUT2D eigenvalue weighted by molar-refractivity contribution is -0.152. The van der Waals surface area contributed by atoms with E-state index in [1.165, 1.54) is 0 Å². The van der Waals surface area contributed by atoms with Crippen LogP contribution in [0, 0.1) is 5.41 Å². The van der Waals surface area contributed by atoms with Crippen LogP contribution >= 0.6 is 0 Å². The molecule has 1 spiro atoms. The van der Waals surface area contributed by atoms with Crippen molar-refractivity contribution < 1.29 is 14.7 Å². The lowest BCUT2D eigenvalue weighted by Crippen LogP contribution is -2.61. The van der Waals surface area contributed by atoms with Gasteiger partial charge in [0.15, 0.2) is 0 Å². The predicted molar refractivity (Wildman–Crippen MR) is 89.8 cm³/mol.